The van der Waals surface area contributed by atoms with Crippen molar-refractivity contribution in [2.45, 2.75) is 6.54 Å². The second-order valence-electron chi connectivity index (χ2n) is 6.15. The van der Waals surface area contributed by atoms with Crippen LogP contribution in [0, 0.1) is 11.3 Å². The average Bonchev–Trinajstić information content (AvgIpc) is 3.03. The van der Waals surface area contributed by atoms with Gasteiger partial charge >= 0.3 is 0 Å². The lowest BCUT2D eigenvalue weighted by molar-refractivity contribution is -0.121. The predicted octanol–water partition coefficient (Wildman–Crippen LogP) is 3.82. The molecule has 3 aromatic carbocycles. The molecule has 27 heavy (non-hydrogen) atoms. The van der Waals surface area contributed by atoms with Gasteiger partial charge < -0.3 is 4.57 Å². The fraction of sp³-hybridized carbons (Fsp3) is 0.0455. The van der Waals surface area contributed by atoms with Crippen LogP contribution in [-0.2, 0) is 11.3 Å². The standard InChI is InChI=1S/C22H16N4O/c23-13-16-9-11-17(12-10-16)14-24-25-22(27)15-26-20-7-3-1-5-18(20)19-6-2-4-8-21(19)26/h1-12,14H,15H2,(H,25,27). The van der Waals surface area contributed by atoms with E-state index in [1.165, 1.54) is 0 Å². The third kappa shape index (κ3) is 3.29. The van der Waals surface area contributed by atoms with E-state index in [4.69, 9.17) is 5.26 Å². The maximum absolute atomic E-state index is 12.4. The first-order valence-electron chi connectivity index (χ1n) is 8.54. The van der Waals surface area contributed by atoms with Crippen LogP contribution in [0.4, 0.5) is 0 Å². The molecule has 0 aliphatic heterocycles. The largest absolute Gasteiger partial charge is 0.331 e. The number of carbonyl (C=O) groups excluding carboxylic acids is 1. The highest BCUT2D eigenvalue weighted by Crippen LogP contribution is 2.28. The highest BCUT2D eigenvalue weighted by Gasteiger charge is 2.12. The summed E-state index contributed by atoms with van der Waals surface area (Å²) in [4.78, 5) is 12.4. The molecule has 0 spiro atoms. The number of nitrogens with one attached hydrogen (secondary N) is 1. The molecule has 5 heteroatoms. The summed E-state index contributed by atoms with van der Waals surface area (Å²) >= 11 is 0. The number of nitrogens with zero attached hydrogens (tertiary/aromatic N) is 3. The number of benzene rings is 3. The zero-order valence-electron chi connectivity index (χ0n) is 14.5. The molecule has 0 atom stereocenters. The van der Waals surface area contributed by atoms with Gasteiger partial charge in [0.1, 0.15) is 6.54 Å². The van der Waals surface area contributed by atoms with Crippen LogP contribution in [0.25, 0.3) is 21.8 Å². The van der Waals surface area contributed by atoms with Crippen molar-refractivity contribution in [2.75, 3.05) is 0 Å². The molecule has 1 N–H and O–H groups in total. The number of amides is 1. The first-order valence-corrected chi connectivity index (χ1v) is 8.54. The highest BCUT2D eigenvalue weighted by molar-refractivity contribution is 6.08. The van der Waals surface area contributed by atoms with E-state index in [2.05, 4.69) is 28.7 Å². The quantitative estimate of drug-likeness (QED) is 0.448. The first kappa shape index (κ1) is 16.6. The second-order valence-corrected chi connectivity index (χ2v) is 6.15. The average molecular weight is 352 g/mol. The molecule has 5 nitrogen and oxygen atoms in total. The van der Waals surface area contributed by atoms with E-state index in [-0.39, 0.29) is 12.5 Å². The molecule has 0 radical (unpaired) electrons. The number of hydrogen-bond acceptors (Lipinski definition) is 3. The summed E-state index contributed by atoms with van der Waals surface area (Å²) in [5.41, 5.74) is 6.01. The lowest BCUT2D eigenvalue weighted by Crippen LogP contribution is -2.23. The van der Waals surface area contributed by atoms with E-state index in [9.17, 15) is 4.79 Å². The number of para-hydroxylation sites is 2. The van der Waals surface area contributed by atoms with Gasteiger partial charge in [0, 0.05) is 21.8 Å². The predicted molar refractivity (Wildman–Crippen MR) is 106 cm³/mol. The smallest absolute Gasteiger partial charge is 0.260 e. The summed E-state index contributed by atoms with van der Waals surface area (Å²) in [5.74, 6) is -0.202. The maximum Gasteiger partial charge on any atom is 0.260 e. The van der Waals surface area contributed by atoms with E-state index in [1.807, 2.05) is 41.0 Å². The monoisotopic (exact) mass is 352 g/mol. The fourth-order valence-electron chi connectivity index (χ4n) is 3.18. The molecule has 0 saturated heterocycles. The van der Waals surface area contributed by atoms with E-state index in [1.54, 1.807) is 30.5 Å². The molecule has 0 fully saturated rings. The van der Waals surface area contributed by atoms with Gasteiger partial charge in [-0.2, -0.15) is 10.4 Å². The highest BCUT2D eigenvalue weighted by atomic mass is 16.2. The molecule has 4 aromatic rings. The van der Waals surface area contributed by atoms with E-state index in [0.29, 0.717) is 5.56 Å². The van der Waals surface area contributed by atoms with Crippen LogP contribution in [0.1, 0.15) is 11.1 Å². The molecule has 0 aliphatic rings. The van der Waals surface area contributed by atoms with Crippen molar-refractivity contribution in [2.24, 2.45) is 5.10 Å². The van der Waals surface area contributed by atoms with Gasteiger partial charge in [0.05, 0.1) is 17.8 Å². The van der Waals surface area contributed by atoms with Crippen LogP contribution >= 0.6 is 0 Å². The number of rotatable bonds is 4. The molecule has 4 rings (SSSR count). The summed E-state index contributed by atoms with van der Waals surface area (Å²) in [6.45, 7) is 0.179. The van der Waals surface area contributed by atoms with E-state index < -0.39 is 0 Å². The van der Waals surface area contributed by atoms with Crippen molar-refractivity contribution in [1.82, 2.24) is 9.99 Å². The summed E-state index contributed by atoms with van der Waals surface area (Å²) in [7, 11) is 0. The van der Waals surface area contributed by atoms with Gasteiger partial charge in [-0.25, -0.2) is 5.43 Å². The Balaban J connectivity index is 1.54. The maximum atomic E-state index is 12.4. The minimum absolute atomic E-state index is 0.179. The third-order valence-electron chi connectivity index (χ3n) is 4.42. The van der Waals surface area contributed by atoms with Gasteiger partial charge in [-0.3, -0.25) is 4.79 Å². The SMILES string of the molecule is N#Cc1ccc(C=NNC(=O)Cn2c3ccccc3c3ccccc32)cc1. The van der Waals surface area contributed by atoms with Crippen LogP contribution in [0.2, 0.25) is 0 Å². The number of hydrogen-bond donors (Lipinski definition) is 1. The minimum Gasteiger partial charge on any atom is -0.331 e. The zero-order chi connectivity index (χ0) is 18.6. The third-order valence-corrected chi connectivity index (χ3v) is 4.42. The molecule has 1 aromatic heterocycles. The molecule has 1 amide bonds. The van der Waals surface area contributed by atoms with Crippen LogP contribution in [-0.4, -0.2) is 16.7 Å². The molecule has 0 unspecified atom stereocenters. The Labute approximate surface area is 156 Å². The van der Waals surface area contributed by atoms with Crippen molar-refractivity contribution < 1.29 is 4.79 Å². The van der Waals surface area contributed by atoms with Crippen molar-refractivity contribution in [1.29, 1.82) is 5.26 Å². The fourth-order valence-corrected chi connectivity index (χ4v) is 3.18. The van der Waals surface area contributed by atoms with E-state index >= 15 is 0 Å². The van der Waals surface area contributed by atoms with Gasteiger partial charge in [0.25, 0.3) is 5.91 Å². The topological polar surface area (TPSA) is 70.2 Å². The van der Waals surface area contributed by atoms with Crippen molar-refractivity contribution >= 4 is 33.9 Å². The molecule has 0 aliphatic carbocycles. The van der Waals surface area contributed by atoms with Gasteiger partial charge in [-0.05, 0) is 29.8 Å². The Morgan fingerprint density at radius 2 is 1.56 bits per heavy atom. The van der Waals surface area contributed by atoms with Crippen LogP contribution in [0.3, 0.4) is 0 Å². The lowest BCUT2D eigenvalue weighted by Gasteiger charge is -2.06. The Bertz CT molecular complexity index is 1140. The molecule has 0 saturated carbocycles. The van der Waals surface area contributed by atoms with Crippen LogP contribution in [0.15, 0.2) is 77.9 Å². The Kier molecular flexibility index (Phi) is 4.38. The van der Waals surface area contributed by atoms with Crippen LogP contribution in [0.5, 0.6) is 0 Å². The van der Waals surface area contributed by atoms with Gasteiger partial charge in [0.2, 0.25) is 0 Å². The van der Waals surface area contributed by atoms with Crippen molar-refractivity contribution in [3.8, 4) is 6.07 Å². The first-order chi connectivity index (χ1) is 13.3. The Morgan fingerprint density at radius 1 is 0.963 bits per heavy atom. The normalized spacial score (nSPS) is 11.1. The lowest BCUT2D eigenvalue weighted by atomic mass is 10.2. The molecular weight excluding hydrogens is 336 g/mol. The van der Waals surface area contributed by atoms with Crippen molar-refractivity contribution in [3.05, 3.63) is 83.9 Å². The number of nitriles is 1. The van der Waals surface area contributed by atoms with E-state index in [0.717, 1.165) is 27.4 Å². The van der Waals surface area contributed by atoms with Gasteiger partial charge in [-0.15, -0.1) is 0 Å². The Hall–Kier alpha value is -3.91. The van der Waals surface area contributed by atoms with Gasteiger partial charge in [0.15, 0.2) is 0 Å². The summed E-state index contributed by atoms with van der Waals surface area (Å²) in [5, 5.41) is 15.1. The van der Waals surface area contributed by atoms with Gasteiger partial charge in [-0.1, -0.05) is 48.5 Å². The molecule has 0 bridgehead atoms. The summed E-state index contributed by atoms with van der Waals surface area (Å²) in [6.07, 6.45) is 1.56. The number of fused-ring (bicyclic) bond motifs is 3. The van der Waals surface area contributed by atoms with Crippen LogP contribution < -0.4 is 5.43 Å². The molecular formula is C22H16N4O. The minimum atomic E-state index is -0.202. The van der Waals surface area contributed by atoms with Crippen molar-refractivity contribution in [3.63, 3.8) is 0 Å². The Morgan fingerprint density at radius 3 is 2.15 bits per heavy atom. The summed E-state index contributed by atoms with van der Waals surface area (Å²) < 4.78 is 2.00. The molecule has 1 heterocycles. The summed E-state index contributed by atoms with van der Waals surface area (Å²) in [6, 6.07) is 25.1. The second kappa shape index (κ2) is 7.14. The molecule has 130 valence electrons. The zero-order valence-corrected chi connectivity index (χ0v) is 14.5. The number of aromatic nitrogens is 1. The number of hydrazone groups is 1. The number of carbonyl (C=O) groups is 1.